The second-order valence-corrected chi connectivity index (χ2v) is 6.93. The monoisotopic (exact) mass is 325 g/mol. The van der Waals surface area contributed by atoms with Gasteiger partial charge in [0.25, 0.3) is 0 Å². The minimum Gasteiger partial charge on any atom is -0.353 e. The summed E-state index contributed by atoms with van der Waals surface area (Å²) in [4.78, 5) is 17.8. The molecule has 1 N–H and O–H groups in total. The third-order valence-electron chi connectivity index (χ3n) is 4.41. The first-order valence-electron chi connectivity index (χ1n) is 8.10. The van der Waals surface area contributed by atoms with Gasteiger partial charge in [0.05, 0.1) is 12.1 Å². The number of thiazole rings is 1. The molecule has 0 radical (unpaired) electrons. The van der Waals surface area contributed by atoms with Crippen LogP contribution in [0.2, 0.25) is 0 Å². The van der Waals surface area contributed by atoms with E-state index in [1.54, 1.807) is 11.3 Å². The van der Waals surface area contributed by atoms with Crippen molar-refractivity contribution in [2.45, 2.75) is 38.1 Å². The molecule has 0 bridgehead atoms. The van der Waals surface area contributed by atoms with Crippen LogP contribution in [0.4, 0.5) is 0 Å². The number of imidazole rings is 1. The number of fused-ring (bicyclic) bond motifs is 1. The van der Waals surface area contributed by atoms with E-state index in [9.17, 15) is 4.79 Å². The highest BCUT2D eigenvalue weighted by atomic mass is 32.1. The summed E-state index contributed by atoms with van der Waals surface area (Å²) in [5.41, 5.74) is 3.06. The summed E-state index contributed by atoms with van der Waals surface area (Å²) in [6.45, 7) is 0. The number of hydrogen-bond acceptors (Lipinski definition) is 3. The maximum atomic E-state index is 12.2. The summed E-state index contributed by atoms with van der Waals surface area (Å²) in [5.74, 6) is 0.117. The molecular weight excluding hydrogens is 306 g/mol. The van der Waals surface area contributed by atoms with Gasteiger partial charge in [-0.3, -0.25) is 9.20 Å². The standard InChI is InChI=1S/C18H19N3OS/c22-17(19-14-8-4-5-9-14)10-15-12-23-18-20-16(11-21(15)18)13-6-2-1-3-7-13/h1-3,6-7,11-12,14H,4-5,8-10H2,(H,19,22). The zero-order chi connectivity index (χ0) is 15.6. The Morgan fingerprint density at radius 3 is 2.83 bits per heavy atom. The molecule has 1 saturated carbocycles. The molecule has 1 aliphatic carbocycles. The lowest BCUT2D eigenvalue weighted by atomic mass is 10.2. The maximum Gasteiger partial charge on any atom is 0.226 e. The molecule has 23 heavy (non-hydrogen) atoms. The van der Waals surface area contributed by atoms with Crippen molar-refractivity contribution in [3.63, 3.8) is 0 Å². The molecule has 118 valence electrons. The number of rotatable bonds is 4. The molecule has 4 nitrogen and oxygen atoms in total. The summed E-state index contributed by atoms with van der Waals surface area (Å²) >= 11 is 1.59. The van der Waals surface area contributed by atoms with E-state index < -0.39 is 0 Å². The summed E-state index contributed by atoms with van der Waals surface area (Å²) in [6, 6.07) is 10.5. The molecule has 1 amide bonds. The molecule has 0 aliphatic heterocycles. The van der Waals surface area contributed by atoms with Gasteiger partial charge in [-0.15, -0.1) is 11.3 Å². The molecule has 0 atom stereocenters. The highest BCUT2D eigenvalue weighted by molar-refractivity contribution is 7.15. The summed E-state index contributed by atoms with van der Waals surface area (Å²) < 4.78 is 2.04. The van der Waals surface area contributed by atoms with Gasteiger partial charge in [0.15, 0.2) is 4.96 Å². The van der Waals surface area contributed by atoms with Crippen molar-refractivity contribution < 1.29 is 4.79 Å². The lowest BCUT2D eigenvalue weighted by Gasteiger charge is -2.11. The fraction of sp³-hybridized carbons (Fsp3) is 0.333. The number of nitrogens with zero attached hydrogens (tertiary/aromatic N) is 2. The van der Waals surface area contributed by atoms with Gasteiger partial charge in [0.1, 0.15) is 0 Å². The Labute approximate surface area is 139 Å². The lowest BCUT2D eigenvalue weighted by Crippen LogP contribution is -2.33. The number of hydrogen-bond donors (Lipinski definition) is 1. The number of aromatic nitrogens is 2. The van der Waals surface area contributed by atoms with Crippen molar-refractivity contribution in [3.8, 4) is 11.3 Å². The molecule has 2 aromatic heterocycles. The van der Waals surface area contributed by atoms with Crippen LogP contribution in [0, 0.1) is 0 Å². The zero-order valence-corrected chi connectivity index (χ0v) is 13.7. The molecule has 0 saturated heterocycles. The summed E-state index contributed by atoms with van der Waals surface area (Å²) in [5, 5.41) is 5.19. The SMILES string of the molecule is O=C(Cc1csc2nc(-c3ccccc3)cn12)NC1CCCC1. The van der Waals surface area contributed by atoms with Crippen LogP contribution in [0.3, 0.4) is 0 Å². The normalized spacial score (nSPS) is 15.3. The Bertz CT molecular complexity index is 815. The van der Waals surface area contributed by atoms with Crippen LogP contribution in [0.1, 0.15) is 31.4 Å². The number of benzene rings is 1. The van der Waals surface area contributed by atoms with E-state index in [2.05, 4.69) is 22.4 Å². The first-order valence-corrected chi connectivity index (χ1v) is 8.98. The lowest BCUT2D eigenvalue weighted by molar-refractivity contribution is -0.121. The highest BCUT2D eigenvalue weighted by Gasteiger charge is 2.18. The third-order valence-corrected chi connectivity index (χ3v) is 5.30. The Kier molecular flexibility index (Phi) is 3.87. The number of carbonyl (C=O) groups excluding carboxylic acids is 1. The van der Waals surface area contributed by atoms with Gasteiger partial charge in [0.2, 0.25) is 5.91 Å². The average Bonchev–Trinajstić information content (AvgIpc) is 3.27. The first-order chi connectivity index (χ1) is 11.3. The molecule has 5 heteroatoms. The fourth-order valence-corrected chi connectivity index (χ4v) is 4.09. The quantitative estimate of drug-likeness (QED) is 0.795. The van der Waals surface area contributed by atoms with Gasteiger partial charge in [0, 0.05) is 28.9 Å². The van der Waals surface area contributed by atoms with Crippen LogP contribution in [0.5, 0.6) is 0 Å². The predicted molar refractivity (Wildman–Crippen MR) is 92.6 cm³/mol. The van der Waals surface area contributed by atoms with Crippen LogP contribution >= 0.6 is 11.3 Å². The average molecular weight is 325 g/mol. The Morgan fingerprint density at radius 2 is 2.04 bits per heavy atom. The third kappa shape index (κ3) is 3.01. The molecule has 1 fully saturated rings. The maximum absolute atomic E-state index is 12.2. The Hall–Kier alpha value is -2.14. The minimum absolute atomic E-state index is 0.117. The van der Waals surface area contributed by atoms with Crippen LogP contribution in [0.15, 0.2) is 41.9 Å². The van der Waals surface area contributed by atoms with E-state index in [0.29, 0.717) is 12.5 Å². The van der Waals surface area contributed by atoms with E-state index in [4.69, 9.17) is 0 Å². The van der Waals surface area contributed by atoms with Crippen LogP contribution in [0.25, 0.3) is 16.2 Å². The molecule has 1 aliphatic rings. The van der Waals surface area contributed by atoms with Crippen molar-refractivity contribution in [1.29, 1.82) is 0 Å². The van der Waals surface area contributed by atoms with Crippen molar-refractivity contribution >= 4 is 22.2 Å². The van der Waals surface area contributed by atoms with Crippen LogP contribution in [-0.2, 0) is 11.2 Å². The smallest absolute Gasteiger partial charge is 0.226 e. The van der Waals surface area contributed by atoms with Gasteiger partial charge in [-0.1, -0.05) is 43.2 Å². The van der Waals surface area contributed by atoms with Gasteiger partial charge in [-0.05, 0) is 12.8 Å². The largest absolute Gasteiger partial charge is 0.353 e. The molecule has 0 spiro atoms. The molecule has 4 rings (SSSR count). The molecule has 1 aromatic carbocycles. The van der Waals surface area contributed by atoms with Gasteiger partial charge in [-0.25, -0.2) is 4.98 Å². The number of carbonyl (C=O) groups is 1. The molecule has 0 unspecified atom stereocenters. The fourth-order valence-electron chi connectivity index (χ4n) is 3.22. The Morgan fingerprint density at radius 1 is 1.26 bits per heavy atom. The first kappa shape index (κ1) is 14.5. The van der Waals surface area contributed by atoms with Crippen molar-refractivity contribution in [1.82, 2.24) is 14.7 Å². The molecular formula is C18H19N3OS. The van der Waals surface area contributed by atoms with Gasteiger partial charge >= 0.3 is 0 Å². The number of amides is 1. The van der Waals surface area contributed by atoms with Crippen molar-refractivity contribution in [3.05, 3.63) is 47.6 Å². The molecule has 2 heterocycles. The van der Waals surface area contributed by atoms with E-state index in [-0.39, 0.29) is 5.91 Å². The Balaban J connectivity index is 1.53. The van der Waals surface area contributed by atoms with Crippen molar-refractivity contribution in [2.24, 2.45) is 0 Å². The predicted octanol–water partition coefficient (Wildman–Crippen LogP) is 3.66. The topological polar surface area (TPSA) is 46.4 Å². The second-order valence-electron chi connectivity index (χ2n) is 6.10. The van der Waals surface area contributed by atoms with E-state index >= 15 is 0 Å². The van der Waals surface area contributed by atoms with E-state index in [1.165, 1.54) is 12.8 Å². The van der Waals surface area contributed by atoms with E-state index in [0.717, 1.165) is 34.8 Å². The summed E-state index contributed by atoms with van der Waals surface area (Å²) in [6.07, 6.45) is 7.15. The number of nitrogens with one attached hydrogen (secondary N) is 1. The van der Waals surface area contributed by atoms with Gasteiger partial charge in [-0.2, -0.15) is 0 Å². The minimum atomic E-state index is 0.117. The van der Waals surface area contributed by atoms with E-state index in [1.807, 2.05) is 34.2 Å². The van der Waals surface area contributed by atoms with Gasteiger partial charge < -0.3 is 5.32 Å². The highest BCUT2D eigenvalue weighted by Crippen LogP contribution is 2.24. The van der Waals surface area contributed by atoms with Crippen LogP contribution in [-0.4, -0.2) is 21.3 Å². The van der Waals surface area contributed by atoms with Crippen LogP contribution < -0.4 is 5.32 Å². The van der Waals surface area contributed by atoms with Crippen molar-refractivity contribution in [2.75, 3.05) is 0 Å². The zero-order valence-electron chi connectivity index (χ0n) is 12.9. The second kappa shape index (κ2) is 6.16. The summed E-state index contributed by atoms with van der Waals surface area (Å²) in [7, 11) is 0. The molecule has 3 aromatic rings.